The van der Waals surface area contributed by atoms with E-state index in [4.69, 9.17) is 0 Å². The Bertz CT molecular complexity index is 486. The van der Waals surface area contributed by atoms with E-state index in [9.17, 15) is 4.79 Å². The first-order valence-corrected chi connectivity index (χ1v) is 7.90. The first-order chi connectivity index (χ1) is 9.79. The number of piperidine rings is 1. The quantitative estimate of drug-likeness (QED) is 0.897. The molecule has 1 aromatic rings. The maximum absolute atomic E-state index is 12.8. The van der Waals surface area contributed by atoms with Crippen LogP contribution >= 0.6 is 0 Å². The van der Waals surface area contributed by atoms with Gasteiger partial charge in [-0.05, 0) is 43.2 Å². The van der Waals surface area contributed by atoms with Crippen LogP contribution in [0.4, 0.5) is 0 Å². The van der Waals surface area contributed by atoms with E-state index in [1.54, 1.807) is 0 Å². The molecule has 1 N–H and O–H groups in total. The Labute approximate surface area is 121 Å². The summed E-state index contributed by atoms with van der Waals surface area (Å²) in [6.07, 6.45) is 5.51. The van der Waals surface area contributed by atoms with Gasteiger partial charge in [0.05, 0.1) is 6.04 Å². The van der Waals surface area contributed by atoms with Crippen LogP contribution in [0.2, 0.25) is 0 Å². The van der Waals surface area contributed by atoms with Gasteiger partial charge in [0.2, 0.25) is 5.91 Å². The lowest BCUT2D eigenvalue weighted by molar-refractivity contribution is -0.137. The third-order valence-corrected chi connectivity index (χ3v) is 4.76. The standard InChI is InChI=1S/C17H24N2O/c1-2-15-9-5-6-10-19(15)17(20)16-11-13-7-3-4-8-14(13)12-18-16/h3-4,7-8,15-16,18H,2,5-6,9-12H2,1H3/t15?,16-/m0/s1. The Morgan fingerprint density at radius 2 is 2.10 bits per heavy atom. The van der Waals surface area contributed by atoms with Gasteiger partial charge in [-0.25, -0.2) is 0 Å². The number of fused-ring (bicyclic) bond motifs is 1. The fraction of sp³-hybridized carbons (Fsp3) is 0.588. The molecule has 3 nitrogen and oxygen atoms in total. The van der Waals surface area contributed by atoms with Gasteiger partial charge < -0.3 is 10.2 Å². The Hall–Kier alpha value is -1.35. The highest BCUT2D eigenvalue weighted by Crippen LogP contribution is 2.23. The summed E-state index contributed by atoms with van der Waals surface area (Å²) in [6, 6.07) is 8.87. The summed E-state index contributed by atoms with van der Waals surface area (Å²) in [4.78, 5) is 14.9. The fourth-order valence-corrected chi connectivity index (χ4v) is 3.54. The lowest BCUT2D eigenvalue weighted by Gasteiger charge is -2.38. The Morgan fingerprint density at radius 3 is 2.90 bits per heavy atom. The highest BCUT2D eigenvalue weighted by Gasteiger charge is 2.32. The van der Waals surface area contributed by atoms with E-state index in [1.807, 2.05) is 0 Å². The summed E-state index contributed by atoms with van der Waals surface area (Å²) in [5.41, 5.74) is 2.66. The zero-order valence-corrected chi connectivity index (χ0v) is 12.3. The topological polar surface area (TPSA) is 32.3 Å². The smallest absolute Gasteiger partial charge is 0.240 e. The molecule has 0 spiro atoms. The first kappa shape index (κ1) is 13.6. The molecule has 1 unspecified atom stereocenters. The van der Waals surface area contributed by atoms with Gasteiger partial charge in [0.25, 0.3) is 0 Å². The Balaban J connectivity index is 1.72. The summed E-state index contributed by atoms with van der Waals surface area (Å²) in [5.74, 6) is 0.311. The van der Waals surface area contributed by atoms with Gasteiger partial charge in [-0.2, -0.15) is 0 Å². The number of nitrogens with one attached hydrogen (secondary N) is 1. The van der Waals surface area contributed by atoms with Crippen LogP contribution in [0.25, 0.3) is 0 Å². The van der Waals surface area contributed by atoms with Gasteiger partial charge >= 0.3 is 0 Å². The number of nitrogens with zero attached hydrogens (tertiary/aromatic N) is 1. The molecule has 0 aliphatic carbocycles. The minimum atomic E-state index is -0.0305. The molecule has 1 aromatic carbocycles. The van der Waals surface area contributed by atoms with Crippen molar-refractivity contribution in [1.82, 2.24) is 10.2 Å². The largest absolute Gasteiger partial charge is 0.338 e. The van der Waals surface area contributed by atoms with E-state index in [1.165, 1.54) is 24.0 Å². The van der Waals surface area contributed by atoms with E-state index < -0.39 is 0 Å². The van der Waals surface area contributed by atoms with Crippen LogP contribution in [-0.2, 0) is 17.8 Å². The molecule has 2 aliphatic heterocycles. The molecule has 2 atom stereocenters. The predicted molar refractivity (Wildman–Crippen MR) is 80.4 cm³/mol. The van der Waals surface area contributed by atoms with Crippen LogP contribution < -0.4 is 5.32 Å². The summed E-state index contributed by atoms with van der Waals surface area (Å²) in [5, 5.41) is 3.43. The maximum atomic E-state index is 12.8. The second-order valence-electron chi connectivity index (χ2n) is 6.00. The van der Waals surface area contributed by atoms with Gasteiger partial charge in [-0.3, -0.25) is 4.79 Å². The molecule has 1 amide bonds. The summed E-state index contributed by atoms with van der Waals surface area (Å²) < 4.78 is 0. The van der Waals surface area contributed by atoms with Crippen molar-refractivity contribution in [2.75, 3.05) is 6.54 Å². The molecule has 0 radical (unpaired) electrons. The summed E-state index contributed by atoms with van der Waals surface area (Å²) in [6.45, 7) is 3.95. The average molecular weight is 272 g/mol. The molecule has 1 fully saturated rings. The van der Waals surface area contributed by atoms with E-state index in [-0.39, 0.29) is 6.04 Å². The second kappa shape index (κ2) is 5.96. The van der Waals surface area contributed by atoms with Crippen molar-refractivity contribution >= 4 is 5.91 Å². The lowest BCUT2D eigenvalue weighted by Crippen LogP contribution is -2.53. The first-order valence-electron chi connectivity index (χ1n) is 7.90. The van der Waals surface area contributed by atoms with Crippen LogP contribution in [0.3, 0.4) is 0 Å². The Morgan fingerprint density at radius 1 is 1.30 bits per heavy atom. The number of benzene rings is 1. The molecule has 0 saturated carbocycles. The molecule has 0 aromatic heterocycles. The molecule has 1 saturated heterocycles. The third-order valence-electron chi connectivity index (χ3n) is 4.76. The molecule has 2 heterocycles. The molecule has 108 valence electrons. The number of carbonyl (C=O) groups is 1. The predicted octanol–water partition coefficient (Wildman–Crippen LogP) is 2.49. The zero-order chi connectivity index (χ0) is 13.9. The third kappa shape index (κ3) is 2.59. The highest BCUT2D eigenvalue weighted by atomic mass is 16.2. The van der Waals surface area contributed by atoms with Gasteiger partial charge in [0, 0.05) is 19.1 Å². The number of rotatable bonds is 2. The average Bonchev–Trinajstić information content (AvgIpc) is 2.53. The molecule has 3 heteroatoms. The molecular formula is C17H24N2O. The van der Waals surface area contributed by atoms with Gasteiger partial charge in [-0.1, -0.05) is 31.2 Å². The van der Waals surface area contributed by atoms with Crippen molar-refractivity contribution in [1.29, 1.82) is 0 Å². The number of hydrogen-bond donors (Lipinski definition) is 1. The highest BCUT2D eigenvalue weighted by molar-refractivity contribution is 5.83. The fourth-order valence-electron chi connectivity index (χ4n) is 3.54. The van der Waals surface area contributed by atoms with Crippen LogP contribution in [0.15, 0.2) is 24.3 Å². The summed E-state index contributed by atoms with van der Waals surface area (Å²) in [7, 11) is 0. The van der Waals surface area contributed by atoms with Gasteiger partial charge in [0.1, 0.15) is 0 Å². The minimum absolute atomic E-state index is 0.0305. The van der Waals surface area contributed by atoms with E-state index in [2.05, 4.69) is 41.4 Å². The normalized spacial score (nSPS) is 26.1. The van der Waals surface area contributed by atoms with E-state index in [0.717, 1.165) is 32.4 Å². The van der Waals surface area contributed by atoms with Crippen LogP contribution in [0, 0.1) is 0 Å². The molecular weight excluding hydrogens is 248 g/mol. The molecule has 3 rings (SSSR count). The van der Waals surface area contributed by atoms with Crippen LogP contribution in [0.1, 0.15) is 43.7 Å². The SMILES string of the molecule is CCC1CCCCN1C(=O)[C@@H]1Cc2ccccc2CN1. The van der Waals surface area contributed by atoms with Gasteiger partial charge in [-0.15, -0.1) is 0 Å². The molecule has 2 aliphatic rings. The van der Waals surface area contributed by atoms with Crippen molar-refractivity contribution in [3.05, 3.63) is 35.4 Å². The van der Waals surface area contributed by atoms with Crippen molar-refractivity contribution in [2.45, 2.75) is 57.7 Å². The number of hydrogen-bond acceptors (Lipinski definition) is 2. The second-order valence-corrected chi connectivity index (χ2v) is 6.00. The lowest BCUT2D eigenvalue weighted by atomic mass is 9.93. The number of amides is 1. The monoisotopic (exact) mass is 272 g/mol. The maximum Gasteiger partial charge on any atom is 0.240 e. The van der Waals surface area contributed by atoms with Crippen molar-refractivity contribution in [3.63, 3.8) is 0 Å². The minimum Gasteiger partial charge on any atom is -0.338 e. The Kier molecular flexibility index (Phi) is 4.06. The summed E-state index contributed by atoms with van der Waals surface area (Å²) >= 11 is 0. The van der Waals surface area contributed by atoms with E-state index in [0.29, 0.717) is 11.9 Å². The van der Waals surface area contributed by atoms with Crippen LogP contribution in [-0.4, -0.2) is 29.4 Å². The van der Waals surface area contributed by atoms with Crippen molar-refractivity contribution in [3.8, 4) is 0 Å². The van der Waals surface area contributed by atoms with Crippen LogP contribution in [0.5, 0.6) is 0 Å². The molecule has 0 bridgehead atoms. The van der Waals surface area contributed by atoms with E-state index >= 15 is 0 Å². The van der Waals surface area contributed by atoms with Gasteiger partial charge in [0.15, 0.2) is 0 Å². The van der Waals surface area contributed by atoms with Crippen molar-refractivity contribution < 1.29 is 4.79 Å². The molecule has 20 heavy (non-hydrogen) atoms. The number of likely N-dealkylation sites (tertiary alicyclic amines) is 1. The zero-order valence-electron chi connectivity index (χ0n) is 12.3. The number of carbonyl (C=O) groups excluding carboxylic acids is 1. The van der Waals surface area contributed by atoms with Crippen molar-refractivity contribution in [2.24, 2.45) is 0 Å².